The van der Waals surface area contributed by atoms with E-state index in [0.29, 0.717) is 19.6 Å². The summed E-state index contributed by atoms with van der Waals surface area (Å²) in [4.78, 5) is 18.2. The summed E-state index contributed by atoms with van der Waals surface area (Å²) in [5.41, 5.74) is 1.19. The summed E-state index contributed by atoms with van der Waals surface area (Å²) in [6, 6.07) is 10.0. The third kappa shape index (κ3) is 4.10. The number of nitrogens with one attached hydrogen (secondary N) is 1. The van der Waals surface area contributed by atoms with E-state index in [0.717, 1.165) is 25.2 Å². The highest BCUT2D eigenvalue weighted by Gasteiger charge is 2.21. The van der Waals surface area contributed by atoms with E-state index in [-0.39, 0.29) is 6.03 Å². The van der Waals surface area contributed by atoms with Crippen molar-refractivity contribution < 1.29 is 9.90 Å². The van der Waals surface area contributed by atoms with Gasteiger partial charge in [-0.3, -0.25) is 0 Å². The molecule has 122 valence electrons. The Bertz CT molecular complexity index is 641. The minimum absolute atomic E-state index is 0.141. The molecule has 1 aliphatic rings. The fraction of sp³-hybridized carbons (Fsp3) is 0.412. The molecule has 1 aliphatic heterocycles. The molecule has 0 saturated carbocycles. The summed E-state index contributed by atoms with van der Waals surface area (Å²) in [5, 5.41) is 12.5. The van der Waals surface area contributed by atoms with E-state index < -0.39 is 6.10 Å². The first-order valence-electron chi connectivity index (χ1n) is 7.97. The lowest BCUT2D eigenvalue weighted by molar-refractivity contribution is 0.0841. The Balaban J connectivity index is 1.56. The second kappa shape index (κ2) is 7.28. The van der Waals surface area contributed by atoms with Crippen molar-refractivity contribution in [2.75, 3.05) is 13.1 Å². The third-order valence-corrected chi connectivity index (χ3v) is 4.08. The summed E-state index contributed by atoms with van der Waals surface area (Å²) in [6.45, 7) is 2.21. The highest BCUT2D eigenvalue weighted by Crippen LogP contribution is 2.10. The van der Waals surface area contributed by atoms with E-state index in [9.17, 15) is 9.90 Å². The molecule has 1 fully saturated rings. The number of carbonyl (C=O) groups is 1. The molecule has 1 unspecified atom stereocenters. The molecule has 2 heterocycles. The number of piperidine rings is 1. The van der Waals surface area contributed by atoms with Gasteiger partial charge in [-0.1, -0.05) is 30.3 Å². The zero-order valence-electron chi connectivity index (χ0n) is 13.1. The van der Waals surface area contributed by atoms with E-state index in [4.69, 9.17) is 0 Å². The van der Waals surface area contributed by atoms with Crippen LogP contribution in [0.4, 0.5) is 4.79 Å². The number of nitrogens with zero attached hydrogens (tertiary/aromatic N) is 3. The number of aliphatic hydroxyl groups is 1. The summed E-state index contributed by atoms with van der Waals surface area (Å²) in [7, 11) is 0. The number of imidazole rings is 1. The Morgan fingerprint density at radius 2 is 2.17 bits per heavy atom. The van der Waals surface area contributed by atoms with Gasteiger partial charge in [0.1, 0.15) is 5.82 Å². The molecular formula is C17H22N4O2. The van der Waals surface area contributed by atoms with Crippen LogP contribution in [0.2, 0.25) is 0 Å². The number of carbonyl (C=O) groups excluding carboxylic acids is 1. The number of aromatic nitrogens is 2. The molecule has 3 rings (SSSR count). The summed E-state index contributed by atoms with van der Waals surface area (Å²) in [5.74, 6) is 0.819. The van der Waals surface area contributed by atoms with Gasteiger partial charge in [0.15, 0.2) is 0 Å². The van der Waals surface area contributed by atoms with Crippen molar-refractivity contribution in [3.05, 3.63) is 54.1 Å². The van der Waals surface area contributed by atoms with E-state index >= 15 is 0 Å². The molecule has 1 aromatic carbocycles. The fourth-order valence-electron chi connectivity index (χ4n) is 2.84. The molecular weight excluding hydrogens is 292 g/mol. The van der Waals surface area contributed by atoms with Crippen LogP contribution in [0.3, 0.4) is 0 Å². The van der Waals surface area contributed by atoms with Crippen LogP contribution < -0.4 is 5.32 Å². The smallest absolute Gasteiger partial charge is 0.317 e. The normalized spacial score (nSPS) is 18.0. The topological polar surface area (TPSA) is 70.4 Å². The van der Waals surface area contributed by atoms with Crippen LogP contribution in [0.1, 0.15) is 24.2 Å². The maximum atomic E-state index is 12.2. The molecule has 23 heavy (non-hydrogen) atoms. The zero-order valence-corrected chi connectivity index (χ0v) is 13.1. The van der Waals surface area contributed by atoms with Crippen molar-refractivity contribution in [3.8, 4) is 0 Å². The number of amides is 2. The molecule has 1 saturated heterocycles. The first-order valence-corrected chi connectivity index (χ1v) is 7.97. The van der Waals surface area contributed by atoms with Crippen molar-refractivity contribution >= 4 is 6.03 Å². The Hall–Kier alpha value is -2.34. The number of urea groups is 1. The average molecular weight is 314 g/mol. The Kier molecular flexibility index (Phi) is 4.92. The molecule has 6 nitrogen and oxygen atoms in total. The van der Waals surface area contributed by atoms with Gasteiger partial charge in [-0.05, 0) is 18.4 Å². The summed E-state index contributed by atoms with van der Waals surface area (Å²) in [6.07, 6.45) is 4.87. The highest BCUT2D eigenvalue weighted by atomic mass is 16.3. The van der Waals surface area contributed by atoms with Crippen LogP contribution in [0.5, 0.6) is 0 Å². The quantitative estimate of drug-likeness (QED) is 0.900. The third-order valence-electron chi connectivity index (χ3n) is 4.08. The van der Waals surface area contributed by atoms with Gasteiger partial charge >= 0.3 is 6.03 Å². The molecule has 0 spiro atoms. The number of hydrogen-bond donors (Lipinski definition) is 2. The van der Waals surface area contributed by atoms with Crippen LogP contribution in [-0.4, -0.2) is 44.8 Å². The van der Waals surface area contributed by atoms with Gasteiger partial charge in [-0.2, -0.15) is 0 Å². The first kappa shape index (κ1) is 15.6. The molecule has 0 bridgehead atoms. The van der Waals surface area contributed by atoms with Gasteiger partial charge in [0, 0.05) is 32.0 Å². The molecule has 0 aliphatic carbocycles. The minimum atomic E-state index is -0.408. The average Bonchev–Trinajstić information content (AvgIpc) is 3.00. The van der Waals surface area contributed by atoms with E-state index in [1.807, 2.05) is 29.0 Å². The van der Waals surface area contributed by atoms with Crippen molar-refractivity contribution in [3.63, 3.8) is 0 Å². The second-order valence-electron chi connectivity index (χ2n) is 5.86. The minimum Gasteiger partial charge on any atom is -0.391 e. The van der Waals surface area contributed by atoms with Crippen molar-refractivity contribution in [1.82, 2.24) is 19.8 Å². The monoisotopic (exact) mass is 314 g/mol. The lowest BCUT2D eigenvalue weighted by Crippen LogP contribution is -2.47. The number of benzene rings is 1. The molecule has 2 aromatic rings. The summed E-state index contributed by atoms with van der Waals surface area (Å²) < 4.78 is 2.03. The molecule has 1 atom stereocenters. The van der Waals surface area contributed by atoms with E-state index in [2.05, 4.69) is 22.4 Å². The number of rotatable bonds is 4. The van der Waals surface area contributed by atoms with Crippen LogP contribution >= 0.6 is 0 Å². The van der Waals surface area contributed by atoms with Crippen molar-refractivity contribution in [2.45, 2.75) is 32.0 Å². The first-order chi connectivity index (χ1) is 11.2. The Morgan fingerprint density at radius 1 is 1.35 bits per heavy atom. The summed E-state index contributed by atoms with van der Waals surface area (Å²) >= 11 is 0. The van der Waals surface area contributed by atoms with Crippen molar-refractivity contribution in [2.24, 2.45) is 0 Å². The largest absolute Gasteiger partial charge is 0.391 e. The number of β-amino-alcohol motifs (C(OH)–C–C–N with tert-alkyl or cyclic N) is 1. The fourth-order valence-corrected chi connectivity index (χ4v) is 2.84. The van der Waals surface area contributed by atoms with Gasteiger partial charge in [0.05, 0.1) is 12.6 Å². The van der Waals surface area contributed by atoms with E-state index in [1.54, 1.807) is 11.1 Å². The number of likely N-dealkylation sites (tertiary alicyclic amines) is 1. The number of aliphatic hydroxyl groups excluding tert-OH is 1. The highest BCUT2D eigenvalue weighted by molar-refractivity contribution is 5.74. The molecule has 1 aromatic heterocycles. The molecule has 6 heteroatoms. The van der Waals surface area contributed by atoms with Gasteiger partial charge in [0.2, 0.25) is 0 Å². The predicted octanol–water partition coefficient (Wildman–Crippen LogP) is 1.60. The SMILES string of the molecule is O=C(NCc1nccn1Cc1ccccc1)N1CCCC(O)C1. The van der Waals surface area contributed by atoms with Crippen LogP contribution in [0.15, 0.2) is 42.7 Å². The lowest BCUT2D eigenvalue weighted by Gasteiger charge is -2.30. The predicted molar refractivity (Wildman–Crippen MR) is 86.8 cm³/mol. The Labute approximate surface area is 135 Å². The molecule has 2 amide bonds. The van der Waals surface area contributed by atoms with E-state index in [1.165, 1.54) is 5.56 Å². The molecule has 0 radical (unpaired) electrons. The lowest BCUT2D eigenvalue weighted by atomic mass is 10.1. The van der Waals surface area contributed by atoms with Gasteiger partial charge < -0.3 is 19.9 Å². The molecule has 2 N–H and O–H groups in total. The van der Waals surface area contributed by atoms with Gasteiger partial charge in [0.25, 0.3) is 0 Å². The van der Waals surface area contributed by atoms with Crippen LogP contribution in [0.25, 0.3) is 0 Å². The number of hydrogen-bond acceptors (Lipinski definition) is 3. The van der Waals surface area contributed by atoms with Crippen molar-refractivity contribution in [1.29, 1.82) is 0 Å². The standard InChI is InChI=1S/C17H22N4O2/c22-15-7-4-9-21(13-15)17(23)19-11-16-18-8-10-20(16)12-14-5-2-1-3-6-14/h1-3,5-6,8,10,15,22H,4,7,9,11-13H2,(H,19,23). The van der Waals surface area contributed by atoms with Gasteiger partial charge in [-0.15, -0.1) is 0 Å². The van der Waals surface area contributed by atoms with Gasteiger partial charge in [-0.25, -0.2) is 9.78 Å². The van der Waals surface area contributed by atoms with Crippen LogP contribution in [-0.2, 0) is 13.1 Å². The maximum absolute atomic E-state index is 12.2. The second-order valence-corrected chi connectivity index (χ2v) is 5.86. The zero-order chi connectivity index (χ0) is 16.1. The Morgan fingerprint density at radius 3 is 2.96 bits per heavy atom. The van der Waals surface area contributed by atoms with Crippen LogP contribution in [0, 0.1) is 0 Å². The maximum Gasteiger partial charge on any atom is 0.317 e.